The summed E-state index contributed by atoms with van der Waals surface area (Å²) in [5, 5.41) is 0.685. The van der Waals surface area contributed by atoms with Crippen LogP contribution in [0.5, 0.6) is 5.75 Å². The summed E-state index contributed by atoms with van der Waals surface area (Å²) in [5.74, 6) is 0.912. The van der Waals surface area contributed by atoms with E-state index in [0.717, 1.165) is 33.6 Å². The SMILES string of the molecule is Cc1nc(SCc2cc(F)cc3c2O[C@H](c2ccccc2)OC3)nc(C)c1C. The number of hydrogen-bond donors (Lipinski definition) is 0. The van der Waals surface area contributed by atoms with Gasteiger partial charge in [-0.1, -0.05) is 42.1 Å². The zero-order valence-corrected chi connectivity index (χ0v) is 16.8. The normalized spacial score (nSPS) is 15.8. The van der Waals surface area contributed by atoms with Crippen LogP contribution < -0.4 is 4.74 Å². The van der Waals surface area contributed by atoms with Crippen LogP contribution in [0.4, 0.5) is 4.39 Å². The van der Waals surface area contributed by atoms with Crippen LogP contribution in [-0.4, -0.2) is 9.97 Å². The van der Waals surface area contributed by atoms with E-state index in [2.05, 4.69) is 9.97 Å². The Labute approximate surface area is 168 Å². The molecule has 0 fully saturated rings. The summed E-state index contributed by atoms with van der Waals surface area (Å²) in [4.78, 5) is 9.08. The highest BCUT2D eigenvalue weighted by atomic mass is 32.2. The summed E-state index contributed by atoms with van der Waals surface area (Å²) in [6, 6.07) is 12.7. The molecule has 2 heterocycles. The molecule has 0 spiro atoms. The molecule has 144 valence electrons. The van der Waals surface area contributed by atoms with Crippen molar-refractivity contribution < 1.29 is 13.9 Å². The van der Waals surface area contributed by atoms with Crippen LogP contribution in [-0.2, 0) is 17.1 Å². The Morgan fingerprint density at radius 2 is 1.79 bits per heavy atom. The van der Waals surface area contributed by atoms with Gasteiger partial charge in [-0.05, 0) is 38.5 Å². The second kappa shape index (κ2) is 7.89. The van der Waals surface area contributed by atoms with Gasteiger partial charge in [-0.25, -0.2) is 14.4 Å². The first-order chi connectivity index (χ1) is 13.5. The van der Waals surface area contributed by atoms with Gasteiger partial charge in [0.15, 0.2) is 5.16 Å². The molecule has 2 aromatic carbocycles. The predicted molar refractivity (Wildman–Crippen MR) is 107 cm³/mol. The fourth-order valence-electron chi connectivity index (χ4n) is 3.11. The lowest BCUT2D eigenvalue weighted by Crippen LogP contribution is -2.19. The Kier molecular flexibility index (Phi) is 5.33. The van der Waals surface area contributed by atoms with E-state index >= 15 is 0 Å². The Hall–Kier alpha value is -2.44. The van der Waals surface area contributed by atoms with E-state index in [1.165, 1.54) is 23.9 Å². The van der Waals surface area contributed by atoms with Crippen molar-refractivity contribution in [3.8, 4) is 5.75 Å². The van der Waals surface area contributed by atoms with E-state index in [9.17, 15) is 4.39 Å². The topological polar surface area (TPSA) is 44.2 Å². The molecule has 4 nitrogen and oxygen atoms in total. The van der Waals surface area contributed by atoms with Crippen molar-refractivity contribution in [2.24, 2.45) is 0 Å². The number of rotatable bonds is 4. The number of fused-ring (bicyclic) bond motifs is 1. The molecule has 1 aliphatic heterocycles. The zero-order valence-electron chi connectivity index (χ0n) is 16.0. The van der Waals surface area contributed by atoms with Gasteiger partial charge in [-0.3, -0.25) is 0 Å². The van der Waals surface area contributed by atoms with Crippen molar-refractivity contribution in [3.63, 3.8) is 0 Å². The van der Waals surface area contributed by atoms with E-state index in [4.69, 9.17) is 9.47 Å². The number of aromatic nitrogens is 2. The molecule has 0 radical (unpaired) electrons. The number of nitrogens with zero attached hydrogens (tertiary/aromatic N) is 2. The van der Waals surface area contributed by atoms with Gasteiger partial charge < -0.3 is 9.47 Å². The minimum Gasteiger partial charge on any atom is -0.460 e. The molecule has 0 saturated heterocycles. The summed E-state index contributed by atoms with van der Waals surface area (Å²) in [6.07, 6.45) is -0.497. The van der Waals surface area contributed by atoms with Gasteiger partial charge in [0.1, 0.15) is 11.6 Å². The van der Waals surface area contributed by atoms with Crippen LogP contribution in [0.1, 0.15) is 39.9 Å². The number of thioether (sulfide) groups is 1. The highest BCUT2D eigenvalue weighted by Gasteiger charge is 2.25. The number of benzene rings is 2. The van der Waals surface area contributed by atoms with Gasteiger partial charge in [0.25, 0.3) is 0 Å². The third-order valence-corrected chi connectivity index (χ3v) is 5.76. The van der Waals surface area contributed by atoms with Crippen molar-refractivity contribution in [2.45, 2.75) is 44.6 Å². The summed E-state index contributed by atoms with van der Waals surface area (Å²) in [5.41, 5.74) is 5.46. The van der Waals surface area contributed by atoms with Gasteiger partial charge >= 0.3 is 0 Å². The van der Waals surface area contributed by atoms with Crippen molar-refractivity contribution in [1.29, 1.82) is 0 Å². The fourth-order valence-corrected chi connectivity index (χ4v) is 4.01. The predicted octanol–water partition coefficient (Wildman–Crippen LogP) is 5.44. The second-order valence-corrected chi connectivity index (χ2v) is 7.76. The molecule has 0 saturated carbocycles. The van der Waals surface area contributed by atoms with Crippen LogP contribution >= 0.6 is 11.8 Å². The van der Waals surface area contributed by atoms with Gasteiger partial charge in [0.05, 0.1) is 6.61 Å². The first kappa shape index (κ1) is 18.9. The summed E-state index contributed by atoms with van der Waals surface area (Å²) in [6.45, 7) is 6.27. The Balaban J connectivity index is 1.59. The van der Waals surface area contributed by atoms with Crippen LogP contribution in [0.3, 0.4) is 0 Å². The Morgan fingerprint density at radius 1 is 1.07 bits per heavy atom. The molecule has 0 N–H and O–H groups in total. The maximum atomic E-state index is 14.1. The molecule has 6 heteroatoms. The standard InChI is InChI=1S/C22H21FN2O2S/c1-13-14(2)24-22(25-15(13)3)28-12-18-10-19(23)9-17-11-26-21(27-20(17)18)16-7-5-4-6-8-16/h4-10,21H,11-12H2,1-3H3/t21-/m1/s1. The minimum absolute atomic E-state index is 0.295. The smallest absolute Gasteiger partial charge is 0.227 e. The Bertz CT molecular complexity index is 988. The molecule has 4 rings (SSSR count). The second-order valence-electron chi connectivity index (χ2n) is 6.82. The van der Waals surface area contributed by atoms with Gasteiger partial charge in [-0.2, -0.15) is 0 Å². The molecule has 0 bridgehead atoms. The van der Waals surface area contributed by atoms with Crippen molar-refractivity contribution in [1.82, 2.24) is 9.97 Å². The number of halogens is 1. The molecule has 1 atom stereocenters. The summed E-state index contributed by atoms with van der Waals surface area (Å²) < 4.78 is 26.0. The van der Waals surface area contributed by atoms with Crippen LogP contribution in [0.2, 0.25) is 0 Å². The molecule has 28 heavy (non-hydrogen) atoms. The van der Waals surface area contributed by atoms with Crippen LogP contribution in [0.15, 0.2) is 47.6 Å². The Morgan fingerprint density at radius 3 is 2.50 bits per heavy atom. The summed E-state index contributed by atoms with van der Waals surface area (Å²) in [7, 11) is 0. The molecule has 1 aromatic heterocycles. The maximum Gasteiger partial charge on any atom is 0.227 e. The highest BCUT2D eigenvalue weighted by molar-refractivity contribution is 7.98. The first-order valence-electron chi connectivity index (χ1n) is 9.10. The fraction of sp³-hybridized carbons (Fsp3) is 0.273. The molecule has 0 amide bonds. The number of aryl methyl sites for hydroxylation is 2. The quantitative estimate of drug-likeness (QED) is 0.434. The van der Waals surface area contributed by atoms with E-state index in [-0.39, 0.29) is 5.82 Å². The monoisotopic (exact) mass is 396 g/mol. The lowest BCUT2D eigenvalue weighted by Gasteiger charge is -2.28. The lowest BCUT2D eigenvalue weighted by molar-refractivity contribution is -0.112. The maximum absolute atomic E-state index is 14.1. The third-order valence-electron chi connectivity index (χ3n) is 4.86. The average molecular weight is 396 g/mol. The third kappa shape index (κ3) is 3.88. The molecule has 0 aliphatic carbocycles. The summed E-state index contributed by atoms with van der Waals surface area (Å²) >= 11 is 1.48. The largest absolute Gasteiger partial charge is 0.460 e. The minimum atomic E-state index is -0.497. The van der Waals surface area contributed by atoms with Crippen LogP contribution in [0.25, 0.3) is 0 Å². The average Bonchev–Trinajstić information content (AvgIpc) is 2.70. The van der Waals surface area contributed by atoms with Crippen molar-refractivity contribution >= 4 is 11.8 Å². The van der Waals surface area contributed by atoms with Gasteiger partial charge in [0, 0.05) is 33.8 Å². The van der Waals surface area contributed by atoms with E-state index in [1.807, 2.05) is 51.1 Å². The van der Waals surface area contributed by atoms with Gasteiger partial charge in [-0.15, -0.1) is 0 Å². The molecule has 1 aliphatic rings. The van der Waals surface area contributed by atoms with Crippen molar-refractivity contribution in [2.75, 3.05) is 0 Å². The number of hydrogen-bond acceptors (Lipinski definition) is 5. The van der Waals surface area contributed by atoms with E-state index < -0.39 is 6.29 Å². The molecular formula is C22H21FN2O2S. The van der Waals surface area contributed by atoms with Crippen molar-refractivity contribution in [3.05, 3.63) is 81.9 Å². The lowest BCUT2D eigenvalue weighted by atomic mass is 10.1. The van der Waals surface area contributed by atoms with E-state index in [0.29, 0.717) is 23.3 Å². The highest BCUT2D eigenvalue weighted by Crippen LogP contribution is 2.38. The molecular weight excluding hydrogens is 375 g/mol. The number of ether oxygens (including phenoxy) is 2. The first-order valence-corrected chi connectivity index (χ1v) is 10.1. The van der Waals surface area contributed by atoms with E-state index in [1.54, 1.807) is 0 Å². The van der Waals surface area contributed by atoms with Gasteiger partial charge in [0.2, 0.25) is 6.29 Å². The zero-order chi connectivity index (χ0) is 19.7. The molecule has 0 unspecified atom stereocenters. The van der Waals surface area contributed by atoms with Crippen LogP contribution in [0, 0.1) is 26.6 Å². The molecule has 3 aromatic rings.